The summed E-state index contributed by atoms with van der Waals surface area (Å²) >= 11 is 5.97. The maximum absolute atomic E-state index is 13.2. The Balaban J connectivity index is 2.40. The highest BCUT2D eigenvalue weighted by Gasteiger charge is 2.54. The van der Waals surface area contributed by atoms with Gasteiger partial charge in [0.1, 0.15) is 11.8 Å². The van der Waals surface area contributed by atoms with Crippen LogP contribution < -0.4 is 0 Å². The van der Waals surface area contributed by atoms with Crippen LogP contribution in [0.3, 0.4) is 0 Å². The van der Waals surface area contributed by atoms with Crippen molar-refractivity contribution in [1.29, 1.82) is 0 Å². The highest BCUT2D eigenvalue weighted by atomic mass is 35.5. The molecule has 2 rings (SSSR count). The summed E-state index contributed by atoms with van der Waals surface area (Å²) in [7, 11) is 0. The standard InChI is InChI=1S/C13H15ClF4N4O2/c1-5-9(14)6(2)21(19-5)7(3)11(23)22-13(24,12(17)18)4-8(20-22)10(15)16/h7,10,12,24H,4H2,1-3H3. The van der Waals surface area contributed by atoms with Crippen molar-refractivity contribution in [1.82, 2.24) is 14.8 Å². The van der Waals surface area contributed by atoms with Crippen LogP contribution in [0.4, 0.5) is 17.6 Å². The van der Waals surface area contributed by atoms with Crippen LogP contribution in [0, 0.1) is 13.8 Å². The van der Waals surface area contributed by atoms with Gasteiger partial charge in [0.15, 0.2) is 0 Å². The molecule has 1 aromatic heterocycles. The van der Waals surface area contributed by atoms with E-state index in [-0.39, 0.29) is 10.0 Å². The molecular formula is C13H15ClF4N4O2. The van der Waals surface area contributed by atoms with Crippen molar-refractivity contribution in [3.05, 3.63) is 16.4 Å². The fourth-order valence-electron chi connectivity index (χ4n) is 2.42. The number of carbonyl (C=O) groups is 1. The Morgan fingerprint density at radius 2 is 1.92 bits per heavy atom. The molecule has 2 unspecified atom stereocenters. The van der Waals surface area contributed by atoms with Crippen molar-refractivity contribution in [2.45, 2.75) is 51.8 Å². The van der Waals surface area contributed by atoms with Gasteiger partial charge in [-0.15, -0.1) is 0 Å². The average Bonchev–Trinajstić information content (AvgIpc) is 3.00. The van der Waals surface area contributed by atoms with Crippen LogP contribution in [0.5, 0.6) is 0 Å². The SMILES string of the molecule is Cc1nn(C(C)C(=O)N2N=C(C(F)F)CC2(O)C(F)F)c(C)c1Cl. The maximum Gasteiger partial charge on any atom is 0.287 e. The van der Waals surface area contributed by atoms with Crippen LogP contribution in [-0.2, 0) is 4.79 Å². The molecule has 1 aliphatic rings. The van der Waals surface area contributed by atoms with E-state index < -0.39 is 42.7 Å². The zero-order valence-corrected chi connectivity index (χ0v) is 13.7. The van der Waals surface area contributed by atoms with Gasteiger partial charge in [0.25, 0.3) is 18.8 Å². The minimum atomic E-state index is -3.47. The third kappa shape index (κ3) is 2.88. The molecule has 134 valence electrons. The molecule has 0 saturated carbocycles. The number of aliphatic hydroxyl groups is 1. The minimum Gasteiger partial charge on any atom is -0.364 e. The molecule has 0 radical (unpaired) electrons. The van der Waals surface area contributed by atoms with Crippen LogP contribution in [0.2, 0.25) is 5.02 Å². The largest absolute Gasteiger partial charge is 0.364 e. The molecule has 0 fully saturated rings. The first-order chi connectivity index (χ1) is 11.0. The molecule has 0 bridgehead atoms. The molecule has 0 spiro atoms. The second-order valence-electron chi connectivity index (χ2n) is 5.50. The highest BCUT2D eigenvalue weighted by Crippen LogP contribution is 2.35. The normalized spacial score (nSPS) is 22.5. The first-order valence-corrected chi connectivity index (χ1v) is 7.29. The van der Waals surface area contributed by atoms with E-state index in [1.165, 1.54) is 11.6 Å². The molecule has 1 aromatic rings. The van der Waals surface area contributed by atoms with Gasteiger partial charge in [-0.1, -0.05) is 11.6 Å². The van der Waals surface area contributed by atoms with Crippen molar-refractivity contribution in [3.63, 3.8) is 0 Å². The summed E-state index contributed by atoms with van der Waals surface area (Å²) in [5, 5.41) is 17.5. The number of aromatic nitrogens is 2. The quantitative estimate of drug-likeness (QED) is 0.828. The number of hydrogen-bond acceptors (Lipinski definition) is 4. The molecule has 6 nitrogen and oxygen atoms in total. The number of carbonyl (C=O) groups excluding carboxylic acids is 1. The monoisotopic (exact) mass is 370 g/mol. The van der Waals surface area contributed by atoms with Crippen LogP contribution in [0.1, 0.15) is 30.8 Å². The van der Waals surface area contributed by atoms with Crippen LogP contribution >= 0.6 is 11.6 Å². The molecule has 0 aromatic carbocycles. The number of halogens is 5. The van der Waals surface area contributed by atoms with Crippen LogP contribution in [0.15, 0.2) is 5.10 Å². The van der Waals surface area contributed by atoms with Crippen molar-refractivity contribution >= 4 is 23.2 Å². The molecule has 11 heteroatoms. The third-order valence-corrected chi connectivity index (χ3v) is 4.35. The molecule has 2 heterocycles. The number of alkyl halides is 4. The fourth-order valence-corrected chi connectivity index (χ4v) is 2.55. The van der Waals surface area contributed by atoms with Crippen molar-refractivity contribution in [3.8, 4) is 0 Å². The van der Waals surface area contributed by atoms with Gasteiger partial charge < -0.3 is 5.11 Å². The van der Waals surface area contributed by atoms with Crippen molar-refractivity contribution < 1.29 is 27.5 Å². The lowest BCUT2D eigenvalue weighted by Crippen LogP contribution is -2.53. The molecule has 1 amide bonds. The van der Waals surface area contributed by atoms with E-state index >= 15 is 0 Å². The molecular weight excluding hydrogens is 356 g/mol. The smallest absolute Gasteiger partial charge is 0.287 e. The van der Waals surface area contributed by atoms with Gasteiger partial charge >= 0.3 is 0 Å². The third-order valence-electron chi connectivity index (χ3n) is 3.81. The van der Waals surface area contributed by atoms with Gasteiger partial charge in [0.05, 0.1) is 16.4 Å². The summed E-state index contributed by atoms with van der Waals surface area (Å²) in [5.41, 5.74) is -3.29. The van der Waals surface area contributed by atoms with E-state index in [9.17, 15) is 27.5 Å². The Bertz CT molecular complexity index is 694. The minimum absolute atomic E-state index is 0.0220. The Kier molecular flexibility index (Phi) is 4.91. The van der Waals surface area contributed by atoms with Crippen LogP contribution in [-0.4, -0.2) is 50.1 Å². The molecule has 0 aliphatic carbocycles. The van der Waals surface area contributed by atoms with E-state index in [1.54, 1.807) is 13.8 Å². The Labute approximate surface area is 139 Å². The van der Waals surface area contributed by atoms with E-state index in [0.717, 1.165) is 0 Å². The Hall–Kier alpha value is -1.68. The maximum atomic E-state index is 13.2. The number of amides is 1. The first kappa shape index (κ1) is 18.7. The predicted octanol–water partition coefficient (Wildman–Crippen LogP) is 2.52. The fraction of sp³-hybridized carbons (Fsp3) is 0.615. The van der Waals surface area contributed by atoms with Crippen molar-refractivity contribution in [2.75, 3.05) is 0 Å². The highest BCUT2D eigenvalue weighted by molar-refractivity contribution is 6.31. The summed E-state index contributed by atoms with van der Waals surface area (Å²) in [6.45, 7) is 4.46. The number of nitrogens with zero attached hydrogens (tertiary/aromatic N) is 4. The zero-order chi connectivity index (χ0) is 18.4. The summed E-state index contributed by atoms with van der Waals surface area (Å²) in [6, 6.07) is -1.18. The number of hydrogen-bond donors (Lipinski definition) is 1. The van der Waals surface area contributed by atoms with Gasteiger partial charge in [0, 0.05) is 6.42 Å². The summed E-state index contributed by atoms with van der Waals surface area (Å²) in [6.07, 6.45) is -7.76. The topological polar surface area (TPSA) is 70.7 Å². The molecule has 24 heavy (non-hydrogen) atoms. The van der Waals surface area contributed by atoms with Crippen molar-refractivity contribution in [2.24, 2.45) is 5.10 Å². The van der Waals surface area contributed by atoms with Gasteiger partial charge in [-0.3, -0.25) is 9.48 Å². The molecule has 1 aliphatic heterocycles. The van der Waals surface area contributed by atoms with E-state index in [0.29, 0.717) is 11.4 Å². The second-order valence-corrected chi connectivity index (χ2v) is 5.88. The van der Waals surface area contributed by atoms with Gasteiger partial charge in [-0.2, -0.15) is 15.2 Å². The van der Waals surface area contributed by atoms with E-state index in [2.05, 4.69) is 10.2 Å². The number of aryl methyl sites for hydroxylation is 1. The van der Waals surface area contributed by atoms with E-state index in [1.807, 2.05) is 0 Å². The van der Waals surface area contributed by atoms with E-state index in [4.69, 9.17) is 11.6 Å². The number of hydrazone groups is 1. The summed E-state index contributed by atoms with van der Waals surface area (Å²) < 4.78 is 53.1. The van der Waals surface area contributed by atoms with Gasteiger partial charge in [0.2, 0.25) is 5.72 Å². The lowest BCUT2D eigenvalue weighted by Gasteiger charge is -2.31. The molecule has 0 saturated heterocycles. The lowest BCUT2D eigenvalue weighted by molar-refractivity contribution is -0.194. The Morgan fingerprint density at radius 3 is 2.33 bits per heavy atom. The lowest BCUT2D eigenvalue weighted by atomic mass is 10.1. The predicted molar refractivity (Wildman–Crippen MR) is 77.3 cm³/mol. The van der Waals surface area contributed by atoms with Crippen LogP contribution in [0.25, 0.3) is 0 Å². The second kappa shape index (κ2) is 6.32. The Morgan fingerprint density at radius 1 is 1.33 bits per heavy atom. The average molecular weight is 371 g/mol. The first-order valence-electron chi connectivity index (χ1n) is 6.92. The summed E-state index contributed by atoms with van der Waals surface area (Å²) in [5.74, 6) is -1.10. The summed E-state index contributed by atoms with van der Waals surface area (Å²) in [4.78, 5) is 12.5. The van der Waals surface area contributed by atoms with Gasteiger partial charge in [-0.05, 0) is 20.8 Å². The number of rotatable bonds is 4. The molecule has 1 N–H and O–H groups in total. The molecule has 2 atom stereocenters. The zero-order valence-electron chi connectivity index (χ0n) is 13.0. The van der Waals surface area contributed by atoms with Gasteiger partial charge in [-0.25, -0.2) is 17.6 Å².